The molecule has 102 valence electrons. The summed E-state index contributed by atoms with van der Waals surface area (Å²) in [4.78, 5) is 0. The van der Waals surface area contributed by atoms with Crippen molar-refractivity contribution in [3.8, 4) is 5.75 Å². The van der Waals surface area contributed by atoms with Gasteiger partial charge in [-0.1, -0.05) is 16.8 Å². The quantitative estimate of drug-likeness (QED) is 0.845. The standard InChI is InChI=1S/C11H11ClN2O4S/c1-7-4-9(13-18-7)6-19(16,17)14-10-3-2-8(12)5-11(10)15/h2-5,14-15H,6H2,1H3. The Balaban J connectivity index is 2.17. The van der Waals surface area contributed by atoms with Gasteiger partial charge in [0.2, 0.25) is 10.0 Å². The topological polar surface area (TPSA) is 92.4 Å². The van der Waals surface area contributed by atoms with Gasteiger partial charge in [0, 0.05) is 17.2 Å². The number of hydrogen-bond acceptors (Lipinski definition) is 5. The van der Waals surface area contributed by atoms with Crippen LogP contribution in [0.1, 0.15) is 11.5 Å². The third-order valence-electron chi connectivity index (χ3n) is 2.24. The highest BCUT2D eigenvalue weighted by molar-refractivity contribution is 7.91. The van der Waals surface area contributed by atoms with Crippen LogP contribution in [0.4, 0.5) is 5.69 Å². The third kappa shape index (κ3) is 3.62. The summed E-state index contributed by atoms with van der Waals surface area (Å²) in [5, 5.41) is 13.5. The van der Waals surface area contributed by atoms with Crippen molar-refractivity contribution >= 4 is 27.3 Å². The van der Waals surface area contributed by atoms with Crippen LogP contribution in [-0.4, -0.2) is 18.7 Å². The number of hydrogen-bond donors (Lipinski definition) is 2. The van der Waals surface area contributed by atoms with E-state index < -0.39 is 10.0 Å². The van der Waals surface area contributed by atoms with Gasteiger partial charge in [0.15, 0.2) is 0 Å². The number of aromatic hydroxyl groups is 1. The molecule has 0 bridgehead atoms. The Morgan fingerprint density at radius 3 is 2.74 bits per heavy atom. The Bertz CT molecular complexity index is 696. The van der Waals surface area contributed by atoms with E-state index in [1.54, 1.807) is 6.92 Å². The highest BCUT2D eigenvalue weighted by atomic mass is 35.5. The van der Waals surface area contributed by atoms with Gasteiger partial charge < -0.3 is 9.63 Å². The highest BCUT2D eigenvalue weighted by Crippen LogP contribution is 2.27. The fourth-order valence-electron chi connectivity index (χ4n) is 1.48. The van der Waals surface area contributed by atoms with E-state index in [1.807, 2.05) is 0 Å². The third-order valence-corrected chi connectivity index (χ3v) is 3.68. The van der Waals surface area contributed by atoms with Crippen molar-refractivity contribution in [3.05, 3.63) is 40.7 Å². The van der Waals surface area contributed by atoms with E-state index >= 15 is 0 Å². The lowest BCUT2D eigenvalue weighted by molar-refractivity contribution is 0.392. The minimum atomic E-state index is -3.69. The second kappa shape index (κ2) is 5.10. The Hall–Kier alpha value is -1.73. The van der Waals surface area contributed by atoms with E-state index in [1.165, 1.54) is 24.3 Å². The Morgan fingerprint density at radius 1 is 1.42 bits per heavy atom. The molecule has 2 N–H and O–H groups in total. The van der Waals surface area contributed by atoms with E-state index in [0.29, 0.717) is 16.5 Å². The van der Waals surface area contributed by atoms with E-state index in [9.17, 15) is 13.5 Å². The van der Waals surface area contributed by atoms with Crippen LogP contribution >= 0.6 is 11.6 Å². The summed E-state index contributed by atoms with van der Waals surface area (Å²) in [6, 6.07) is 5.63. The average Bonchev–Trinajstić information content (AvgIpc) is 2.67. The summed E-state index contributed by atoms with van der Waals surface area (Å²) in [7, 11) is -3.69. The number of aryl methyl sites for hydroxylation is 1. The minimum Gasteiger partial charge on any atom is -0.506 e. The normalized spacial score (nSPS) is 11.5. The lowest BCUT2D eigenvalue weighted by Crippen LogP contribution is -2.15. The van der Waals surface area contributed by atoms with Gasteiger partial charge in [0.05, 0.1) is 5.69 Å². The number of halogens is 1. The number of nitrogens with one attached hydrogen (secondary N) is 1. The van der Waals surface area contributed by atoms with Crippen LogP contribution in [0.5, 0.6) is 5.75 Å². The van der Waals surface area contributed by atoms with Crippen LogP contribution in [0.2, 0.25) is 5.02 Å². The second-order valence-electron chi connectivity index (χ2n) is 3.95. The number of aromatic nitrogens is 1. The first-order chi connectivity index (χ1) is 8.85. The molecule has 0 unspecified atom stereocenters. The Morgan fingerprint density at radius 2 is 2.16 bits per heavy atom. The molecule has 0 atom stereocenters. The number of anilines is 1. The maximum Gasteiger partial charge on any atom is 0.238 e. The molecule has 0 fully saturated rings. The fourth-order valence-corrected chi connectivity index (χ4v) is 2.75. The molecule has 1 heterocycles. The zero-order valence-electron chi connectivity index (χ0n) is 9.92. The molecule has 0 aliphatic carbocycles. The number of phenols is 1. The van der Waals surface area contributed by atoms with Gasteiger partial charge in [0.1, 0.15) is 23.0 Å². The number of nitrogens with zero attached hydrogens (tertiary/aromatic N) is 1. The predicted molar refractivity (Wildman–Crippen MR) is 70.6 cm³/mol. The van der Waals surface area contributed by atoms with Crippen molar-refractivity contribution < 1.29 is 18.0 Å². The summed E-state index contributed by atoms with van der Waals surface area (Å²) >= 11 is 5.66. The zero-order valence-corrected chi connectivity index (χ0v) is 11.5. The smallest absolute Gasteiger partial charge is 0.238 e. The molecule has 0 saturated heterocycles. The number of phenolic OH excluding ortho intramolecular Hbond substituents is 1. The Kier molecular flexibility index (Phi) is 3.68. The summed E-state index contributed by atoms with van der Waals surface area (Å²) in [5.41, 5.74) is 0.350. The first kappa shape index (κ1) is 13.7. The first-order valence-electron chi connectivity index (χ1n) is 5.27. The highest BCUT2D eigenvalue weighted by Gasteiger charge is 2.16. The fraction of sp³-hybridized carbons (Fsp3) is 0.182. The van der Waals surface area contributed by atoms with E-state index in [2.05, 4.69) is 9.88 Å². The average molecular weight is 303 g/mol. The number of rotatable bonds is 4. The van der Waals surface area contributed by atoms with Gasteiger partial charge >= 0.3 is 0 Å². The summed E-state index contributed by atoms with van der Waals surface area (Å²) < 4.78 is 30.8. The van der Waals surface area contributed by atoms with Crippen molar-refractivity contribution in [2.75, 3.05) is 4.72 Å². The monoisotopic (exact) mass is 302 g/mol. The van der Waals surface area contributed by atoms with Gasteiger partial charge in [-0.15, -0.1) is 0 Å². The lowest BCUT2D eigenvalue weighted by Gasteiger charge is -2.08. The SMILES string of the molecule is Cc1cc(CS(=O)(=O)Nc2ccc(Cl)cc2O)no1. The molecule has 0 spiro atoms. The van der Waals surface area contributed by atoms with Gasteiger partial charge in [-0.3, -0.25) is 4.72 Å². The van der Waals surface area contributed by atoms with Crippen molar-refractivity contribution in [3.63, 3.8) is 0 Å². The minimum absolute atomic E-state index is 0.0598. The van der Waals surface area contributed by atoms with Gasteiger partial charge in [-0.25, -0.2) is 8.42 Å². The first-order valence-corrected chi connectivity index (χ1v) is 7.30. The van der Waals surface area contributed by atoms with Gasteiger partial charge in [-0.05, 0) is 19.1 Å². The van der Waals surface area contributed by atoms with Crippen LogP contribution in [0.3, 0.4) is 0 Å². The van der Waals surface area contributed by atoms with E-state index in [-0.39, 0.29) is 17.2 Å². The lowest BCUT2D eigenvalue weighted by atomic mass is 10.3. The van der Waals surface area contributed by atoms with Crippen LogP contribution in [0, 0.1) is 6.92 Å². The van der Waals surface area contributed by atoms with Crippen molar-refractivity contribution in [2.24, 2.45) is 0 Å². The van der Waals surface area contributed by atoms with Crippen molar-refractivity contribution in [1.82, 2.24) is 5.16 Å². The molecule has 1 aromatic carbocycles. The van der Waals surface area contributed by atoms with E-state index in [4.69, 9.17) is 16.1 Å². The van der Waals surface area contributed by atoms with Crippen molar-refractivity contribution in [2.45, 2.75) is 12.7 Å². The molecule has 19 heavy (non-hydrogen) atoms. The van der Waals surface area contributed by atoms with Crippen LogP contribution < -0.4 is 4.72 Å². The van der Waals surface area contributed by atoms with Crippen LogP contribution in [0.15, 0.2) is 28.8 Å². The molecule has 8 heteroatoms. The second-order valence-corrected chi connectivity index (χ2v) is 6.11. The molecule has 0 amide bonds. The molecule has 0 aliphatic heterocycles. The molecule has 0 radical (unpaired) electrons. The van der Waals surface area contributed by atoms with Gasteiger partial charge in [-0.2, -0.15) is 0 Å². The molecule has 2 rings (SSSR count). The molecular formula is C11H11ClN2O4S. The molecule has 1 aromatic heterocycles. The molecule has 2 aromatic rings. The predicted octanol–water partition coefficient (Wildman–Crippen LogP) is 2.28. The number of benzene rings is 1. The number of sulfonamides is 1. The molecule has 0 aliphatic rings. The maximum absolute atomic E-state index is 11.9. The summed E-state index contributed by atoms with van der Waals surface area (Å²) in [5.74, 6) is -0.0567. The summed E-state index contributed by atoms with van der Waals surface area (Å²) in [6.07, 6.45) is 0. The maximum atomic E-state index is 11.9. The summed E-state index contributed by atoms with van der Waals surface area (Å²) in [6.45, 7) is 1.67. The molecule has 0 saturated carbocycles. The molecular weight excluding hydrogens is 292 g/mol. The largest absolute Gasteiger partial charge is 0.506 e. The zero-order chi connectivity index (χ0) is 14.0. The van der Waals surface area contributed by atoms with E-state index in [0.717, 1.165) is 0 Å². The Labute approximate surface area is 115 Å². The van der Waals surface area contributed by atoms with Gasteiger partial charge in [0.25, 0.3) is 0 Å². The van der Waals surface area contributed by atoms with Crippen LogP contribution in [-0.2, 0) is 15.8 Å². The van der Waals surface area contributed by atoms with Crippen LogP contribution in [0.25, 0.3) is 0 Å². The molecule has 6 nitrogen and oxygen atoms in total. The van der Waals surface area contributed by atoms with Crippen molar-refractivity contribution in [1.29, 1.82) is 0 Å².